The third-order valence-electron chi connectivity index (χ3n) is 2.39. The van der Waals surface area contributed by atoms with Crippen molar-refractivity contribution in [1.29, 1.82) is 0 Å². The number of alkyl halides is 1. The number of rotatable bonds is 5. The molecule has 0 heterocycles. The Labute approximate surface area is 122 Å². The summed E-state index contributed by atoms with van der Waals surface area (Å²) in [5, 5.41) is 0. The summed E-state index contributed by atoms with van der Waals surface area (Å²) in [6.07, 6.45) is 2.29. The number of halogens is 1. The molecule has 0 fully saturated rings. The van der Waals surface area contributed by atoms with Gasteiger partial charge in [-0.2, -0.15) is 0 Å². The lowest BCUT2D eigenvalue weighted by molar-refractivity contribution is -0.129. The minimum absolute atomic E-state index is 0.0658. The van der Waals surface area contributed by atoms with Gasteiger partial charge in [-0.05, 0) is 52.9 Å². The van der Waals surface area contributed by atoms with Crippen LogP contribution in [0, 0.1) is 5.41 Å². The molecule has 0 saturated heterocycles. The zero-order valence-corrected chi connectivity index (χ0v) is 15.4. The largest absolute Gasteiger partial charge is 0.370 e. The Kier molecular flexibility index (Phi) is 5.58. The minimum Gasteiger partial charge on any atom is -0.370 e. The van der Waals surface area contributed by atoms with Crippen LogP contribution >= 0.6 is 22.6 Å². The third kappa shape index (κ3) is 10.3. The first-order chi connectivity index (χ1) is 7.12. The van der Waals surface area contributed by atoms with E-state index in [1.807, 2.05) is 0 Å². The maximum absolute atomic E-state index is 6.17. The highest BCUT2D eigenvalue weighted by Crippen LogP contribution is 2.41. The average molecular weight is 354 g/mol. The molecule has 0 aliphatic carbocycles. The normalized spacial score (nSPS) is 15.2. The summed E-state index contributed by atoms with van der Waals surface area (Å²) in [6.45, 7) is 20.1. The van der Waals surface area contributed by atoms with Crippen molar-refractivity contribution in [3.8, 4) is 0 Å². The van der Waals surface area contributed by atoms with E-state index in [1.54, 1.807) is 0 Å². The molecule has 0 radical (unpaired) electrons. The molecule has 0 N–H and O–H groups in total. The van der Waals surface area contributed by atoms with Gasteiger partial charge in [0.25, 0.3) is 0 Å². The van der Waals surface area contributed by atoms with Crippen LogP contribution < -0.4 is 0 Å². The lowest BCUT2D eigenvalue weighted by atomic mass is 9.76. The first-order valence-corrected chi connectivity index (χ1v) is 7.59. The Morgan fingerprint density at radius 2 is 1.18 bits per heavy atom. The maximum atomic E-state index is 6.17. The van der Waals surface area contributed by atoms with Crippen molar-refractivity contribution < 1.29 is 4.74 Å². The van der Waals surface area contributed by atoms with Gasteiger partial charge in [-0.3, -0.25) is 0 Å². The topological polar surface area (TPSA) is 9.23 Å². The molecule has 0 aliphatic rings. The fraction of sp³-hybridized carbons (Fsp3) is 1.00. The monoisotopic (exact) mass is 354 g/mol. The van der Waals surface area contributed by atoms with Crippen LogP contribution in [0.5, 0.6) is 0 Å². The predicted octanol–water partition coefficient (Wildman–Crippen LogP) is 5.60. The summed E-state index contributed by atoms with van der Waals surface area (Å²) in [6, 6.07) is 0. The average Bonchev–Trinajstić information content (AvgIpc) is 1.65. The van der Waals surface area contributed by atoms with Gasteiger partial charge in [-0.25, -0.2) is 0 Å². The van der Waals surface area contributed by atoms with E-state index >= 15 is 0 Å². The number of hydrogen-bond acceptors (Lipinski definition) is 1. The molecule has 0 aromatic rings. The van der Waals surface area contributed by atoms with Gasteiger partial charge in [0.1, 0.15) is 0 Å². The van der Waals surface area contributed by atoms with Crippen LogP contribution in [-0.4, -0.2) is 14.6 Å². The van der Waals surface area contributed by atoms with E-state index in [0.717, 1.165) is 6.42 Å². The smallest absolute Gasteiger partial charge is 0.0638 e. The van der Waals surface area contributed by atoms with Crippen LogP contribution in [0.3, 0.4) is 0 Å². The Bertz CT molecular complexity index is 215. The van der Waals surface area contributed by atoms with E-state index in [2.05, 4.69) is 84.9 Å². The standard InChI is InChI=1S/C15H31IO/c1-12(2,3)17-15(8,9)11-13(4,5)10-14(6,7)16/h10-11H2,1-9H3. The summed E-state index contributed by atoms with van der Waals surface area (Å²) < 4.78 is 6.52. The summed E-state index contributed by atoms with van der Waals surface area (Å²) >= 11 is 2.54. The van der Waals surface area contributed by atoms with Gasteiger partial charge in [0.05, 0.1) is 11.2 Å². The zero-order valence-electron chi connectivity index (χ0n) is 13.2. The molecule has 0 bridgehead atoms. The second kappa shape index (κ2) is 5.36. The second-order valence-electron chi connectivity index (χ2n) is 8.21. The van der Waals surface area contributed by atoms with Crippen molar-refractivity contribution in [2.75, 3.05) is 0 Å². The van der Waals surface area contributed by atoms with E-state index in [0.29, 0.717) is 8.84 Å². The molecule has 0 aromatic carbocycles. The second-order valence-corrected chi connectivity index (χ2v) is 11.1. The van der Waals surface area contributed by atoms with Gasteiger partial charge in [0.2, 0.25) is 0 Å². The predicted molar refractivity (Wildman–Crippen MR) is 86.0 cm³/mol. The van der Waals surface area contributed by atoms with E-state index in [9.17, 15) is 0 Å². The maximum Gasteiger partial charge on any atom is 0.0638 e. The summed E-state index contributed by atoms with van der Waals surface area (Å²) in [5.41, 5.74) is 0.169. The van der Waals surface area contributed by atoms with Crippen LogP contribution in [0.25, 0.3) is 0 Å². The third-order valence-corrected chi connectivity index (χ3v) is 2.77. The highest BCUT2D eigenvalue weighted by Gasteiger charge is 2.35. The summed E-state index contributed by atoms with van der Waals surface area (Å²) in [4.78, 5) is 0. The Hall–Kier alpha value is 0.690. The van der Waals surface area contributed by atoms with Crippen molar-refractivity contribution in [2.24, 2.45) is 5.41 Å². The molecule has 0 unspecified atom stereocenters. The summed E-state index contributed by atoms with van der Waals surface area (Å²) in [7, 11) is 0. The molecule has 0 amide bonds. The van der Waals surface area contributed by atoms with Crippen LogP contribution in [0.4, 0.5) is 0 Å². The molecular formula is C15H31IO. The number of hydrogen-bond donors (Lipinski definition) is 0. The Morgan fingerprint density at radius 1 is 0.765 bits per heavy atom. The van der Waals surface area contributed by atoms with Crippen LogP contribution in [-0.2, 0) is 4.74 Å². The van der Waals surface area contributed by atoms with Crippen molar-refractivity contribution in [3.63, 3.8) is 0 Å². The molecule has 104 valence electrons. The van der Waals surface area contributed by atoms with Gasteiger partial charge in [-0.1, -0.05) is 50.3 Å². The number of ether oxygens (including phenoxy) is 1. The zero-order chi connectivity index (χ0) is 14.1. The van der Waals surface area contributed by atoms with Crippen LogP contribution in [0.1, 0.15) is 75.2 Å². The fourth-order valence-corrected chi connectivity index (χ4v) is 4.25. The first kappa shape index (κ1) is 17.7. The highest BCUT2D eigenvalue weighted by atomic mass is 127. The van der Waals surface area contributed by atoms with Crippen LogP contribution in [0.15, 0.2) is 0 Å². The van der Waals surface area contributed by atoms with E-state index in [1.165, 1.54) is 6.42 Å². The Balaban J connectivity index is 4.59. The molecule has 0 aromatic heterocycles. The quantitative estimate of drug-likeness (QED) is 0.461. The highest BCUT2D eigenvalue weighted by molar-refractivity contribution is 14.1. The molecule has 0 aliphatic heterocycles. The van der Waals surface area contributed by atoms with Gasteiger partial charge in [0.15, 0.2) is 0 Å². The minimum atomic E-state index is -0.0700. The van der Waals surface area contributed by atoms with Gasteiger partial charge in [-0.15, -0.1) is 0 Å². The molecule has 1 nitrogen and oxygen atoms in total. The van der Waals surface area contributed by atoms with E-state index in [4.69, 9.17) is 4.74 Å². The van der Waals surface area contributed by atoms with Crippen molar-refractivity contribution in [3.05, 3.63) is 0 Å². The fourth-order valence-electron chi connectivity index (χ4n) is 3.22. The van der Waals surface area contributed by atoms with Crippen LogP contribution in [0.2, 0.25) is 0 Å². The van der Waals surface area contributed by atoms with Crippen molar-refractivity contribution in [2.45, 2.75) is 89.8 Å². The van der Waals surface area contributed by atoms with Gasteiger partial charge >= 0.3 is 0 Å². The van der Waals surface area contributed by atoms with Gasteiger partial charge in [0, 0.05) is 3.42 Å². The summed E-state index contributed by atoms with van der Waals surface area (Å²) in [5.74, 6) is 0. The molecular weight excluding hydrogens is 323 g/mol. The first-order valence-electron chi connectivity index (χ1n) is 6.51. The van der Waals surface area contributed by atoms with Crippen molar-refractivity contribution in [1.82, 2.24) is 0 Å². The van der Waals surface area contributed by atoms with Gasteiger partial charge < -0.3 is 4.74 Å². The molecule has 0 rings (SSSR count). The van der Waals surface area contributed by atoms with Crippen molar-refractivity contribution >= 4 is 22.6 Å². The van der Waals surface area contributed by atoms with E-state index < -0.39 is 0 Å². The molecule has 0 saturated carbocycles. The van der Waals surface area contributed by atoms with E-state index in [-0.39, 0.29) is 11.2 Å². The lowest BCUT2D eigenvalue weighted by Gasteiger charge is -2.41. The molecule has 17 heavy (non-hydrogen) atoms. The molecule has 0 atom stereocenters. The molecule has 0 spiro atoms. The Morgan fingerprint density at radius 3 is 1.47 bits per heavy atom. The lowest BCUT2D eigenvalue weighted by Crippen LogP contribution is -2.39. The molecule has 2 heteroatoms. The SMILES string of the molecule is CC(C)(I)CC(C)(C)CC(C)(C)OC(C)(C)C.